The molecular formula is C16H23NO2. The zero-order valence-corrected chi connectivity index (χ0v) is 11.6. The first-order valence-electron chi connectivity index (χ1n) is 7.37. The minimum absolute atomic E-state index is 0.398. The maximum atomic E-state index is 5.88. The van der Waals surface area contributed by atoms with Gasteiger partial charge in [-0.15, -0.1) is 0 Å². The van der Waals surface area contributed by atoms with Crippen LogP contribution in [0.3, 0.4) is 0 Å². The van der Waals surface area contributed by atoms with Crippen molar-refractivity contribution in [1.29, 1.82) is 0 Å². The van der Waals surface area contributed by atoms with Gasteiger partial charge in [0.15, 0.2) is 0 Å². The Morgan fingerprint density at radius 2 is 2.26 bits per heavy atom. The molecule has 19 heavy (non-hydrogen) atoms. The first-order chi connectivity index (χ1) is 9.35. The molecule has 104 valence electrons. The summed E-state index contributed by atoms with van der Waals surface area (Å²) in [6.07, 6.45) is 5.21. The van der Waals surface area contributed by atoms with Gasteiger partial charge in [0.25, 0.3) is 0 Å². The molecule has 2 unspecified atom stereocenters. The smallest absolute Gasteiger partial charge is 0.120 e. The fraction of sp³-hybridized carbons (Fsp3) is 0.625. The van der Waals surface area contributed by atoms with Crippen molar-refractivity contribution in [3.05, 3.63) is 29.8 Å². The van der Waals surface area contributed by atoms with Crippen LogP contribution in [0.15, 0.2) is 24.3 Å². The summed E-state index contributed by atoms with van der Waals surface area (Å²) in [4.78, 5) is 0. The van der Waals surface area contributed by atoms with Crippen molar-refractivity contribution in [3.8, 4) is 5.75 Å². The Balaban J connectivity index is 1.66. The van der Waals surface area contributed by atoms with Crippen LogP contribution in [0.2, 0.25) is 0 Å². The number of hydrogen-bond acceptors (Lipinski definition) is 3. The number of nitrogens with one attached hydrogen (secondary N) is 1. The van der Waals surface area contributed by atoms with E-state index < -0.39 is 0 Å². The third kappa shape index (κ3) is 3.48. The summed E-state index contributed by atoms with van der Waals surface area (Å²) in [7, 11) is 2.04. The van der Waals surface area contributed by atoms with Crippen LogP contribution in [0.1, 0.15) is 37.3 Å². The third-order valence-electron chi connectivity index (χ3n) is 4.03. The summed E-state index contributed by atoms with van der Waals surface area (Å²) >= 11 is 0. The number of ether oxygens (including phenoxy) is 2. The van der Waals surface area contributed by atoms with Crippen LogP contribution in [0.5, 0.6) is 5.75 Å². The van der Waals surface area contributed by atoms with Gasteiger partial charge in [0.05, 0.1) is 6.10 Å². The zero-order chi connectivity index (χ0) is 13.1. The van der Waals surface area contributed by atoms with E-state index in [9.17, 15) is 0 Å². The Morgan fingerprint density at radius 1 is 1.37 bits per heavy atom. The maximum Gasteiger partial charge on any atom is 0.120 e. The van der Waals surface area contributed by atoms with E-state index in [0.29, 0.717) is 18.1 Å². The summed E-state index contributed by atoms with van der Waals surface area (Å²) in [6, 6.07) is 8.94. The molecule has 1 aromatic rings. The number of hydrogen-bond donors (Lipinski definition) is 1. The van der Waals surface area contributed by atoms with E-state index in [1.807, 2.05) is 7.05 Å². The molecule has 0 aromatic heterocycles. The average molecular weight is 261 g/mol. The fourth-order valence-electron chi connectivity index (χ4n) is 2.71. The van der Waals surface area contributed by atoms with E-state index >= 15 is 0 Å². The molecule has 2 aliphatic rings. The van der Waals surface area contributed by atoms with Crippen molar-refractivity contribution >= 4 is 0 Å². The molecule has 0 amide bonds. The quantitative estimate of drug-likeness (QED) is 0.854. The minimum atomic E-state index is 0.398. The highest BCUT2D eigenvalue weighted by Crippen LogP contribution is 2.31. The molecule has 1 aliphatic carbocycles. The summed E-state index contributed by atoms with van der Waals surface area (Å²) < 4.78 is 11.3. The van der Waals surface area contributed by atoms with E-state index in [1.54, 1.807) is 0 Å². The summed E-state index contributed by atoms with van der Waals surface area (Å²) in [5.74, 6) is 1.70. The van der Waals surface area contributed by atoms with Crippen LogP contribution in [0, 0.1) is 5.92 Å². The van der Waals surface area contributed by atoms with Crippen LogP contribution < -0.4 is 10.1 Å². The lowest BCUT2D eigenvalue weighted by molar-refractivity contribution is 0.181. The lowest BCUT2D eigenvalue weighted by Crippen LogP contribution is -2.20. The van der Waals surface area contributed by atoms with Gasteiger partial charge in [0.2, 0.25) is 0 Å². The molecule has 0 spiro atoms. The van der Waals surface area contributed by atoms with Crippen LogP contribution >= 0.6 is 0 Å². The SMILES string of the molecule is CNC(CC1CCOC1)c1cccc(OC2CC2)c1. The molecule has 3 rings (SSSR count). The molecule has 0 bridgehead atoms. The van der Waals surface area contributed by atoms with Gasteiger partial charge in [-0.1, -0.05) is 12.1 Å². The predicted molar refractivity (Wildman–Crippen MR) is 75.4 cm³/mol. The second-order valence-corrected chi connectivity index (χ2v) is 5.70. The van der Waals surface area contributed by atoms with Crippen LogP contribution in [-0.2, 0) is 4.74 Å². The molecule has 2 atom stereocenters. The molecule has 3 heteroatoms. The van der Waals surface area contributed by atoms with Gasteiger partial charge in [-0.05, 0) is 56.3 Å². The van der Waals surface area contributed by atoms with Crippen molar-refractivity contribution in [1.82, 2.24) is 5.32 Å². The third-order valence-corrected chi connectivity index (χ3v) is 4.03. The number of benzene rings is 1. The Hall–Kier alpha value is -1.06. The normalized spacial score (nSPS) is 24.4. The number of rotatable bonds is 6. The van der Waals surface area contributed by atoms with Gasteiger partial charge in [0.1, 0.15) is 5.75 Å². The molecule has 1 N–H and O–H groups in total. The van der Waals surface area contributed by atoms with Gasteiger partial charge in [-0.25, -0.2) is 0 Å². The summed E-state index contributed by atoms with van der Waals surface area (Å²) in [5.41, 5.74) is 1.33. The van der Waals surface area contributed by atoms with Crippen molar-refractivity contribution in [3.63, 3.8) is 0 Å². The second kappa shape index (κ2) is 5.93. The molecule has 3 nitrogen and oxygen atoms in total. The summed E-state index contributed by atoms with van der Waals surface area (Å²) in [5, 5.41) is 3.43. The first-order valence-corrected chi connectivity index (χ1v) is 7.37. The Labute approximate surface area is 115 Å². The molecule has 1 saturated heterocycles. The summed E-state index contributed by atoms with van der Waals surface area (Å²) in [6.45, 7) is 1.84. The fourth-order valence-corrected chi connectivity index (χ4v) is 2.71. The van der Waals surface area contributed by atoms with Crippen LogP contribution in [-0.4, -0.2) is 26.4 Å². The average Bonchev–Trinajstić information content (AvgIpc) is 3.09. The Kier molecular flexibility index (Phi) is 4.04. The van der Waals surface area contributed by atoms with Gasteiger partial charge in [-0.2, -0.15) is 0 Å². The van der Waals surface area contributed by atoms with E-state index in [0.717, 1.165) is 25.4 Å². The van der Waals surface area contributed by atoms with Gasteiger partial charge in [0, 0.05) is 19.3 Å². The highest BCUT2D eigenvalue weighted by atomic mass is 16.5. The first kappa shape index (κ1) is 12.9. The van der Waals surface area contributed by atoms with Gasteiger partial charge in [-0.3, -0.25) is 0 Å². The molecule has 1 saturated carbocycles. The minimum Gasteiger partial charge on any atom is -0.490 e. The molecular weight excluding hydrogens is 238 g/mol. The maximum absolute atomic E-state index is 5.88. The predicted octanol–water partition coefficient (Wildman–Crippen LogP) is 2.91. The lowest BCUT2D eigenvalue weighted by Gasteiger charge is -2.20. The second-order valence-electron chi connectivity index (χ2n) is 5.70. The largest absolute Gasteiger partial charge is 0.490 e. The van der Waals surface area contributed by atoms with E-state index in [4.69, 9.17) is 9.47 Å². The Morgan fingerprint density at radius 3 is 2.95 bits per heavy atom. The van der Waals surface area contributed by atoms with Gasteiger partial charge >= 0.3 is 0 Å². The lowest BCUT2D eigenvalue weighted by atomic mass is 9.94. The Bertz CT molecular complexity index is 411. The molecule has 1 aliphatic heterocycles. The van der Waals surface area contributed by atoms with Crippen molar-refractivity contribution in [2.75, 3.05) is 20.3 Å². The molecule has 1 heterocycles. The topological polar surface area (TPSA) is 30.5 Å². The van der Waals surface area contributed by atoms with E-state index in [1.165, 1.54) is 24.8 Å². The zero-order valence-electron chi connectivity index (χ0n) is 11.6. The van der Waals surface area contributed by atoms with Crippen molar-refractivity contribution in [2.24, 2.45) is 5.92 Å². The van der Waals surface area contributed by atoms with E-state index in [2.05, 4.69) is 29.6 Å². The highest BCUT2D eigenvalue weighted by Gasteiger charge is 2.24. The molecule has 0 radical (unpaired) electrons. The highest BCUT2D eigenvalue weighted by molar-refractivity contribution is 5.31. The van der Waals surface area contributed by atoms with E-state index in [-0.39, 0.29) is 0 Å². The van der Waals surface area contributed by atoms with Crippen LogP contribution in [0.4, 0.5) is 0 Å². The van der Waals surface area contributed by atoms with Crippen molar-refractivity contribution < 1.29 is 9.47 Å². The van der Waals surface area contributed by atoms with Gasteiger partial charge < -0.3 is 14.8 Å². The van der Waals surface area contributed by atoms with Crippen molar-refractivity contribution in [2.45, 2.75) is 37.8 Å². The molecule has 1 aromatic carbocycles. The monoisotopic (exact) mass is 261 g/mol. The van der Waals surface area contributed by atoms with Crippen LogP contribution in [0.25, 0.3) is 0 Å². The molecule has 2 fully saturated rings. The standard InChI is InChI=1S/C16H23NO2/c1-17-16(9-12-7-8-18-11-12)13-3-2-4-15(10-13)19-14-5-6-14/h2-4,10,12,14,16-17H,5-9,11H2,1H3.